The van der Waals surface area contributed by atoms with Crippen molar-refractivity contribution in [2.75, 3.05) is 18.4 Å². The summed E-state index contributed by atoms with van der Waals surface area (Å²) in [4.78, 5) is 29.9. The van der Waals surface area contributed by atoms with Crippen molar-refractivity contribution in [2.45, 2.75) is 44.8 Å². The lowest BCUT2D eigenvalue weighted by molar-refractivity contribution is -0.115. The van der Waals surface area contributed by atoms with Crippen LogP contribution in [0.3, 0.4) is 0 Å². The molecule has 0 amide bonds. The van der Waals surface area contributed by atoms with E-state index in [1.54, 1.807) is 12.1 Å². The highest BCUT2D eigenvalue weighted by atomic mass is 19.4. The summed E-state index contributed by atoms with van der Waals surface area (Å²) in [5.74, 6) is 0.662. The molecule has 0 bridgehead atoms. The number of hydrogen-bond acceptors (Lipinski definition) is 7. The minimum absolute atomic E-state index is 0.00794. The third kappa shape index (κ3) is 5.38. The molecule has 1 fully saturated rings. The summed E-state index contributed by atoms with van der Waals surface area (Å²) in [5, 5.41) is 2.18. The standard InChI is InChI=1S/C29H24F5N7O2/c30-28(31)43-19-6-4-18(5-7-19)41-26-22(35-13-24(38-26)36-15-29(32,33)34)12-20(27(41)42)16-1-8-21-23(11-16)40-10-9-39(17-2-3-17)14-25(40)37-21/h1,4-8,11-13,17,28H,2-3,9-10,14-15H2,(H,36,38). The van der Waals surface area contributed by atoms with Gasteiger partial charge in [-0.1, -0.05) is 6.07 Å². The van der Waals surface area contributed by atoms with E-state index < -0.39 is 24.9 Å². The first-order valence-electron chi connectivity index (χ1n) is 13.7. The molecule has 0 atom stereocenters. The summed E-state index contributed by atoms with van der Waals surface area (Å²) in [7, 11) is 0. The van der Waals surface area contributed by atoms with Crippen LogP contribution in [0.5, 0.6) is 5.75 Å². The minimum Gasteiger partial charge on any atom is -0.435 e. The molecule has 5 aromatic rings. The first-order chi connectivity index (χ1) is 20.6. The minimum atomic E-state index is -4.50. The number of fused-ring (bicyclic) bond motifs is 4. The van der Waals surface area contributed by atoms with E-state index in [-0.39, 0.29) is 34.0 Å². The lowest BCUT2D eigenvalue weighted by Gasteiger charge is -2.27. The molecule has 0 unspecified atom stereocenters. The molecule has 0 radical (unpaired) electrons. The fraction of sp³-hybridized carbons (Fsp3) is 0.310. The van der Waals surface area contributed by atoms with Crippen molar-refractivity contribution in [3.05, 3.63) is 70.9 Å². The highest BCUT2D eigenvalue weighted by molar-refractivity contribution is 5.86. The molecule has 43 heavy (non-hydrogen) atoms. The molecule has 2 aromatic carbocycles. The molecule has 3 aromatic heterocycles. The zero-order valence-corrected chi connectivity index (χ0v) is 22.5. The molecule has 9 nitrogen and oxygen atoms in total. The molecule has 1 aliphatic heterocycles. The highest BCUT2D eigenvalue weighted by Crippen LogP contribution is 2.33. The second kappa shape index (κ2) is 10.3. The zero-order chi connectivity index (χ0) is 29.9. The average molecular weight is 598 g/mol. The Labute approximate surface area is 240 Å². The van der Waals surface area contributed by atoms with Gasteiger partial charge in [0.15, 0.2) is 5.65 Å². The van der Waals surface area contributed by atoms with E-state index >= 15 is 0 Å². The van der Waals surface area contributed by atoms with Gasteiger partial charge in [-0.3, -0.25) is 14.3 Å². The Morgan fingerprint density at radius 1 is 1.00 bits per heavy atom. The van der Waals surface area contributed by atoms with Crippen LogP contribution >= 0.6 is 0 Å². The van der Waals surface area contributed by atoms with Gasteiger partial charge in [0.25, 0.3) is 5.56 Å². The van der Waals surface area contributed by atoms with Crippen LogP contribution in [0.15, 0.2) is 59.5 Å². The summed E-state index contributed by atoms with van der Waals surface area (Å²) >= 11 is 0. The van der Waals surface area contributed by atoms with Gasteiger partial charge in [0.05, 0.1) is 29.5 Å². The van der Waals surface area contributed by atoms with E-state index in [4.69, 9.17) is 4.98 Å². The van der Waals surface area contributed by atoms with Crippen molar-refractivity contribution in [3.8, 4) is 22.6 Å². The van der Waals surface area contributed by atoms with E-state index in [9.17, 15) is 26.7 Å². The van der Waals surface area contributed by atoms with E-state index in [2.05, 4.69) is 29.5 Å². The molecule has 0 saturated heterocycles. The van der Waals surface area contributed by atoms with Gasteiger partial charge in [-0.25, -0.2) is 15.0 Å². The first kappa shape index (κ1) is 27.3. The fourth-order valence-electron chi connectivity index (χ4n) is 5.52. The van der Waals surface area contributed by atoms with Crippen LogP contribution in [-0.2, 0) is 13.1 Å². The number of halogens is 5. The Morgan fingerprint density at radius 3 is 2.51 bits per heavy atom. The summed E-state index contributed by atoms with van der Waals surface area (Å²) in [6, 6.07) is 13.0. The van der Waals surface area contributed by atoms with Gasteiger partial charge in [-0.15, -0.1) is 0 Å². The Hall–Kier alpha value is -4.59. The van der Waals surface area contributed by atoms with E-state index in [0.717, 1.165) is 42.7 Å². The van der Waals surface area contributed by atoms with Crippen molar-refractivity contribution in [2.24, 2.45) is 0 Å². The Bertz CT molecular complexity index is 1900. The van der Waals surface area contributed by atoms with Crippen molar-refractivity contribution in [1.82, 2.24) is 29.0 Å². The summed E-state index contributed by atoms with van der Waals surface area (Å²) < 4.78 is 71.8. The van der Waals surface area contributed by atoms with Gasteiger partial charge in [-0.2, -0.15) is 22.0 Å². The van der Waals surface area contributed by atoms with E-state index in [1.807, 2.05) is 12.1 Å². The average Bonchev–Trinajstić information content (AvgIpc) is 3.76. The van der Waals surface area contributed by atoms with Gasteiger partial charge >= 0.3 is 12.8 Å². The van der Waals surface area contributed by atoms with Crippen LogP contribution in [0.4, 0.5) is 27.8 Å². The van der Waals surface area contributed by atoms with Gasteiger partial charge in [0, 0.05) is 24.7 Å². The molecular weight excluding hydrogens is 573 g/mol. The number of anilines is 1. The maximum Gasteiger partial charge on any atom is 0.405 e. The molecular formula is C29H24F5N7O2. The van der Waals surface area contributed by atoms with Crippen molar-refractivity contribution in [1.29, 1.82) is 0 Å². The smallest absolute Gasteiger partial charge is 0.405 e. The molecule has 1 N–H and O–H groups in total. The number of nitrogens with zero attached hydrogens (tertiary/aromatic N) is 6. The van der Waals surface area contributed by atoms with Crippen LogP contribution in [0.25, 0.3) is 39.0 Å². The molecule has 0 spiro atoms. The van der Waals surface area contributed by atoms with Crippen molar-refractivity contribution in [3.63, 3.8) is 0 Å². The molecule has 1 aliphatic carbocycles. The zero-order valence-electron chi connectivity index (χ0n) is 22.5. The number of nitrogens with one attached hydrogen (secondary N) is 1. The molecule has 7 rings (SSSR count). The largest absolute Gasteiger partial charge is 0.435 e. The second-order valence-corrected chi connectivity index (χ2v) is 10.6. The van der Waals surface area contributed by atoms with Crippen LogP contribution in [-0.4, -0.2) is 60.9 Å². The van der Waals surface area contributed by atoms with Crippen LogP contribution in [0, 0.1) is 0 Å². The van der Waals surface area contributed by atoms with Crippen molar-refractivity contribution < 1.29 is 26.7 Å². The Morgan fingerprint density at radius 2 is 1.79 bits per heavy atom. The lowest BCUT2D eigenvalue weighted by atomic mass is 10.1. The molecule has 14 heteroatoms. The summed E-state index contributed by atoms with van der Waals surface area (Å²) in [5.41, 5.74) is 2.53. The van der Waals surface area contributed by atoms with Crippen molar-refractivity contribution >= 4 is 28.0 Å². The molecule has 222 valence electrons. The maximum atomic E-state index is 14.1. The number of rotatable bonds is 7. The molecule has 2 aliphatic rings. The number of hydrogen-bond donors (Lipinski definition) is 1. The van der Waals surface area contributed by atoms with Gasteiger partial charge < -0.3 is 14.6 Å². The number of ether oxygens (including phenoxy) is 1. The summed E-state index contributed by atoms with van der Waals surface area (Å²) in [6.07, 6.45) is -0.913. The van der Waals surface area contributed by atoms with Crippen LogP contribution in [0.1, 0.15) is 18.7 Å². The number of imidazole rings is 1. The fourth-order valence-corrected chi connectivity index (χ4v) is 5.52. The van der Waals surface area contributed by atoms with Crippen LogP contribution < -0.4 is 15.6 Å². The third-order valence-corrected chi connectivity index (χ3v) is 7.65. The third-order valence-electron chi connectivity index (χ3n) is 7.65. The highest BCUT2D eigenvalue weighted by Gasteiger charge is 2.32. The van der Waals surface area contributed by atoms with E-state index in [1.165, 1.54) is 41.7 Å². The number of benzene rings is 2. The maximum absolute atomic E-state index is 14.1. The van der Waals surface area contributed by atoms with Gasteiger partial charge in [0.1, 0.15) is 29.5 Å². The van der Waals surface area contributed by atoms with Gasteiger partial charge in [0.2, 0.25) is 0 Å². The SMILES string of the molecule is O=c1c(-c2ccc3nc4n(c3c2)CCN(C2CC2)C4)cc2ncc(NCC(F)(F)F)nc2n1-c1ccc(OC(F)F)cc1. The number of alkyl halides is 5. The predicted molar refractivity (Wildman–Crippen MR) is 148 cm³/mol. The monoisotopic (exact) mass is 597 g/mol. The topological polar surface area (TPSA) is 90.1 Å². The normalized spacial score (nSPS) is 15.8. The molecule has 1 saturated carbocycles. The Balaban J connectivity index is 1.35. The molecule has 4 heterocycles. The van der Waals surface area contributed by atoms with E-state index in [0.29, 0.717) is 11.6 Å². The lowest BCUT2D eigenvalue weighted by Crippen LogP contribution is -2.35. The Kier molecular flexibility index (Phi) is 6.52. The summed E-state index contributed by atoms with van der Waals surface area (Å²) in [6.45, 7) is -1.92. The number of aromatic nitrogens is 5. The first-order valence-corrected chi connectivity index (χ1v) is 13.7. The van der Waals surface area contributed by atoms with Crippen LogP contribution in [0.2, 0.25) is 0 Å². The number of pyridine rings is 1. The predicted octanol–water partition coefficient (Wildman–Crippen LogP) is 5.35. The quantitative estimate of drug-likeness (QED) is 0.253. The van der Waals surface area contributed by atoms with Gasteiger partial charge in [-0.05, 0) is 60.9 Å². The second-order valence-electron chi connectivity index (χ2n) is 10.6.